The van der Waals surface area contributed by atoms with Crippen LogP contribution in [-0.2, 0) is 9.84 Å². The van der Waals surface area contributed by atoms with Gasteiger partial charge in [-0.05, 0) is 12.5 Å². The molecule has 1 saturated heterocycles. The highest BCUT2D eigenvalue weighted by Gasteiger charge is 2.30. The van der Waals surface area contributed by atoms with Crippen LogP contribution in [0, 0.1) is 0 Å². The van der Waals surface area contributed by atoms with Crippen molar-refractivity contribution < 1.29 is 13.2 Å². The van der Waals surface area contributed by atoms with Crippen LogP contribution in [-0.4, -0.2) is 31.9 Å². The number of carbonyl (C=O) groups excluding carboxylic acids is 1. The van der Waals surface area contributed by atoms with Crippen molar-refractivity contribution in [2.75, 3.05) is 11.5 Å². The average molecular weight is 330 g/mol. The fourth-order valence-electron chi connectivity index (χ4n) is 2.32. The third-order valence-electron chi connectivity index (χ3n) is 3.31. The molecule has 0 saturated carbocycles. The SMILES string of the molecule is O=C(N[C@@H]1CCS(=O)(=O)C1)c1sc2ccccc2c1Cl. The summed E-state index contributed by atoms with van der Waals surface area (Å²) in [6.45, 7) is 0. The maximum atomic E-state index is 12.2. The van der Waals surface area contributed by atoms with Crippen molar-refractivity contribution >= 4 is 48.8 Å². The fourth-order valence-corrected chi connectivity index (χ4v) is 5.41. The molecule has 1 aromatic heterocycles. The molecule has 20 heavy (non-hydrogen) atoms. The van der Waals surface area contributed by atoms with E-state index in [2.05, 4.69) is 5.32 Å². The number of thiophene rings is 1. The van der Waals surface area contributed by atoms with Crippen LogP contribution < -0.4 is 5.32 Å². The van der Waals surface area contributed by atoms with Crippen LogP contribution in [0.4, 0.5) is 0 Å². The van der Waals surface area contributed by atoms with E-state index in [1.54, 1.807) is 0 Å². The van der Waals surface area contributed by atoms with Gasteiger partial charge >= 0.3 is 0 Å². The predicted molar refractivity (Wildman–Crippen MR) is 81.4 cm³/mol. The molecule has 2 heterocycles. The summed E-state index contributed by atoms with van der Waals surface area (Å²) in [6, 6.07) is 7.22. The van der Waals surface area contributed by atoms with E-state index in [9.17, 15) is 13.2 Å². The van der Waals surface area contributed by atoms with Crippen LogP contribution in [0.15, 0.2) is 24.3 Å². The molecule has 2 aromatic rings. The zero-order chi connectivity index (χ0) is 14.3. The van der Waals surface area contributed by atoms with Gasteiger partial charge in [-0.3, -0.25) is 4.79 Å². The Morgan fingerprint density at radius 2 is 2.10 bits per heavy atom. The summed E-state index contributed by atoms with van der Waals surface area (Å²) in [4.78, 5) is 12.7. The van der Waals surface area contributed by atoms with Crippen LogP contribution in [0.5, 0.6) is 0 Å². The van der Waals surface area contributed by atoms with E-state index in [-0.39, 0.29) is 23.5 Å². The Hall–Kier alpha value is -1.11. The third-order valence-corrected chi connectivity index (χ3v) is 6.75. The standard InChI is InChI=1S/C13H12ClNO3S2/c14-11-9-3-1-2-4-10(9)19-12(11)13(16)15-8-5-6-20(17,18)7-8/h1-4,8H,5-7H2,(H,15,16)/t8-/m1/s1. The number of amides is 1. The summed E-state index contributed by atoms with van der Waals surface area (Å²) < 4.78 is 23.7. The molecule has 0 spiro atoms. The van der Waals surface area contributed by atoms with Gasteiger partial charge in [0.05, 0.1) is 16.5 Å². The molecule has 1 atom stereocenters. The van der Waals surface area contributed by atoms with E-state index >= 15 is 0 Å². The molecule has 106 valence electrons. The Kier molecular flexibility index (Phi) is 3.48. The van der Waals surface area contributed by atoms with E-state index in [0.29, 0.717) is 16.3 Å². The lowest BCUT2D eigenvalue weighted by Gasteiger charge is -2.09. The quantitative estimate of drug-likeness (QED) is 0.920. The zero-order valence-electron chi connectivity index (χ0n) is 10.4. The summed E-state index contributed by atoms with van der Waals surface area (Å²) in [5.41, 5.74) is 0. The Balaban J connectivity index is 1.84. The molecule has 0 bridgehead atoms. The van der Waals surface area contributed by atoms with Gasteiger partial charge in [-0.2, -0.15) is 0 Å². The Bertz CT molecular complexity index is 782. The van der Waals surface area contributed by atoms with E-state index in [1.165, 1.54) is 11.3 Å². The van der Waals surface area contributed by atoms with Gasteiger partial charge in [0.2, 0.25) is 0 Å². The summed E-state index contributed by atoms with van der Waals surface area (Å²) in [5.74, 6) is -0.141. The van der Waals surface area contributed by atoms with Crippen LogP contribution >= 0.6 is 22.9 Å². The lowest BCUT2D eigenvalue weighted by atomic mass is 10.2. The number of hydrogen-bond acceptors (Lipinski definition) is 4. The van der Waals surface area contributed by atoms with Crippen LogP contribution in [0.3, 0.4) is 0 Å². The minimum absolute atomic E-state index is 0.0151. The number of carbonyl (C=O) groups is 1. The van der Waals surface area contributed by atoms with E-state index in [0.717, 1.165) is 10.1 Å². The highest BCUT2D eigenvalue weighted by atomic mass is 35.5. The third kappa shape index (κ3) is 2.55. The Morgan fingerprint density at radius 1 is 1.35 bits per heavy atom. The number of halogens is 1. The van der Waals surface area contributed by atoms with Crippen LogP contribution in [0.25, 0.3) is 10.1 Å². The molecule has 1 aromatic carbocycles. The number of nitrogens with one attached hydrogen (secondary N) is 1. The molecule has 0 radical (unpaired) electrons. The topological polar surface area (TPSA) is 63.2 Å². The summed E-state index contributed by atoms with van der Waals surface area (Å²) in [7, 11) is -3.00. The van der Waals surface area contributed by atoms with Crippen molar-refractivity contribution in [1.82, 2.24) is 5.32 Å². The molecule has 3 rings (SSSR count). The van der Waals surface area contributed by atoms with Crippen molar-refractivity contribution in [3.8, 4) is 0 Å². The smallest absolute Gasteiger partial charge is 0.263 e. The molecule has 0 aliphatic carbocycles. The fraction of sp³-hybridized carbons (Fsp3) is 0.308. The molecule has 1 amide bonds. The molecular formula is C13H12ClNO3S2. The van der Waals surface area contributed by atoms with Gasteiger partial charge in [0.1, 0.15) is 4.88 Å². The van der Waals surface area contributed by atoms with E-state index in [4.69, 9.17) is 11.6 Å². The second-order valence-corrected chi connectivity index (χ2v) is 8.47. The second kappa shape index (κ2) is 5.02. The van der Waals surface area contributed by atoms with Crippen LogP contribution in [0.2, 0.25) is 5.02 Å². The minimum Gasteiger partial charge on any atom is -0.348 e. The van der Waals surface area contributed by atoms with Gasteiger partial charge in [-0.15, -0.1) is 11.3 Å². The number of sulfone groups is 1. The number of rotatable bonds is 2. The average Bonchev–Trinajstić information content (AvgIpc) is 2.91. The van der Waals surface area contributed by atoms with Gasteiger partial charge < -0.3 is 5.32 Å². The summed E-state index contributed by atoms with van der Waals surface area (Å²) in [5, 5.41) is 4.04. The van der Waals surface area contributed by atoms with Crippen LogP contribution in [0.1, 0.15) is 16.1 Å². The zero-order valence-corrected chi connectivity index (χ0v) is 12.8. The van der Waals surface area contributed by atoms with Crippen molar-refractivity contribution in [1.29, 1.82) is 0 Å². The lowest BCUT2D eigenvalue weighted by Crippen LogP contribution is -2.35. The molecular weight excluding hydrogens is 318 g/mol. The first kappa shape index (κ1) is 13.9. The summed E-state index contributed by atoms with van der Waals surface area (Å²) >= 11 is 7.55. The molecule has 1 N–H and O–H groups in total. The first-order valence-corrected chi connectivity index (χ1v) is 9.16. The van der Waals surface area contributed by atoms with Gasteiger partial charge in [-0.1, -0.05) is 29.8 Å². The van der Waals surface area contributed by atoms with Crippen molar-refractivity contribution in [2.45, 2.75) is 12.5 Å². The first-order valence-electron chi connectivity index (χ1n) is 6.14. The van der Waals surface area contributed by atoms with Gasteiger partial charge in [-0.25, -0.2) is 8.42 Å². The molecule has 1 fully saturated rings. The molecule has 1 aliphatic rings. The number of benzene rings is 1. The van der Waals surface area contributed by atoms with E-state index in [1.807, 2.05) is 24.3 Å². The maximum absolute atomic E-state index is 12.2. The largest absolute Gasteiger partial charge is 0.348 e. The molecule has 7 heteroatoms. The highest BCUT2D eigenvalue weighted by molar-refractivity contribution is 7.91. The predicted octanol–water partition coefficient (Wildman–Crippen LogP) is 2.47. The monoisotopic (exact) mass is 329 g/mol. The van der Waals surface area contributed by atoms with Gasteiger partial charge in [0.25, 0.3) is 5.91 Å². The Labute approximate surface area is 125 Å². The minimum atomic E-state index is -3.00. The van der Waals surface area contributed by atoms with Gasteiger partial charge in [0, 0.05) is 16.1 Å². The van der Waals surface area contributed by atoms with Gasteiger partial charge in [0.15, 0.2) is 9.84 Å². The number of hydrogen-bond donors (Lipinski definition) is 1. The van der Waals surface area contributed by atoms with Crippen molar-refractivity contribution in [3.63, 3.8) is 0 Å². The Morgan fingerprint density at radius 3 is 2.75 bits per heavy atom. The second-order valence-electron chi connectivity index (χ2n) is 4.81. The normalized spacial score (nSPS) is 21.1. The molecule has 1 aliphatic heterocycles. The first-order chi connectivity index (χ1) is 9.46. The van der Waals surface area contributed by atoms with Crippen molar-refractivity contribution in [2.24, 2.45) is 0 Å². The van der Waals surface area contributed by atoms with Crippen molar-refractivity contribution in [3.05, 3.63) is 34.2 Å². The molecule has 4 nitrogen and oxygen atoms in total. The van der Waals surface area contributed by atoms with E-state index < -0.39 is 9.84 Å². The number of fused-ring (bicyclic) bond motifs is 1. The highest BCUT2D eigenvalue weighted by Crippen LogP contribution is 2.35. The lowest BCUT2D eigenvalue weighted by molar-refractivity contribution is 0.0945. The maximum Gasteiger partial charge on any atom is 0.263 e. The summed E-state index contributed by atoms with van der Waals surface area (Å²) in [6.07, 6.45) is 0.469. The molecule has 0 unspecified atom stereocenters.